The van der Waals surface area contributed by atoms with Crippen molar-refractivity contribution in [1.29, 1.82) is 0 Å². The Labute approximate surface area is 226 Å². The number of nitrogens with two attached hydrogens (primary N) is 1. The van der Waals surface area contributed by atoms with E-state index in [1.165, 1.54) is 6.07 Å². The standard InChI is InChI=1S/C29H36F3N5O2/c1-16(38)15-37(4)28(39)20-7-5-19(6-8-20)21-9-10-26-25(13-21)27(36-18(3)35-26)34-17(2)22-11-23(29(30,31)32)14-24(33)12-22/h9-14,16-17,19-20,38H,5-8,15,33H2,1-4H3,(H,34,35,36)/t16-,17-,19-,20+/m1/s1. The van der Waals surface area contributed by atoms with Gasteiger partial charge in [0.05, 0.1) is 23.2 Å². The third-order valence-electron chi connectivity index (χ3n) is 7.45. The molecule has 1 fully saturated rings. The van der Waals surface area contributed by atoms with E-state index in [9.17, 15) is 23.1 Å². The number of aryl methyl sites for hydroxylation is 1. The second-order valence-electron chi connectivity index (χ2n) is 10.8. The first-order valence-electron chi connectivity index (χ1n) is 13.3. The number of likely N-dealkylation sites (N-methyl/N-ethyl adjacent to an activating group) is 1. The second kappa shape index (κ2) is 11.4. The van der Waals surface area contributed by atoms with Gasteiger partial charge in [-0.1, -0.05) is 6.07 Å². The molecule has 0 bridgehead atoms. The number of anilines is 2. The Morgan fingerprint density at radius 3 is 2.46 bits per heavy atom. The van der Waals surface area contributed by atoms with Crippen LogP contribution in [0.2, 0.25) is 0 Å². The monoisotopic (exact) mass is 543 g/mol. The van der Waals surface area contributed by atoms with Gasteiger partial charge in [0.15, 0.2) is 0 Å². The molecule has 210 valence electrons. The van der Waals surface area contributed by atoms with Crippen molar-refractivity contribution in [1.82, 2.24) is 14.9 Å². The third kappa shape index (κ3) is 6.79. The zero-order chi connectivity index (χ0) is 28.5. The lowest BCUT2D eigenvalue weighted by Crippen LogP contribution is -2.38. The maximum absolute atomic E-state index is 13.4. The van der Waals surface area contributed by atoms with Crippen molar-refractivity contribution in [3.8, 4) is 0 Å². The van der Waals surface area contributed by atoms with Gasteiger partial charge in [0.25, 0.3) is 0 Å². The van der Waals surface area contributed by atoms with Gasteiger partial charge in [-0.25, -0.2) is 9.97 Å². The summed E-state index contributed by atoms with van der Waals surface area (Å²) in [6.45, 7) is 5.54. The number of rotatable bonds is 7. The quantitative estimate of drug-likeness (QED) is 0.324. The van der Waals surface area contributed by atoms with Crippen molar-refractivity contribution in [3.63, 3.8) is 0 Å². The van der Waals surface area contributed by atoms with E-state index in [2.05, 4.69) is 27.4 Å². The van der Waals surface area contributed by atoms with Crippen molar-refractivity contribution < 1.29 is 23.1 Å². The van der Waals surface area contributed by atoms with Crippen LogP contribution in [0.5, 0.6) is 0 Å². The van der Waals surface area contributed by atoms with Gasteiger partial charge in [-0.05, 0) is 93.8 Å². The molecule has 10 heteroatoms. The summed E-state index contributed by atoms with van der Waals surface area (Å²) < 4.78 is 40.1. The lowest BCUT2D eigenvalue weighted by Gasteiger charge is -2.31. The Morgan fingerprint density at radius 2 is 1.82 bits per heavy atom. The number of nitrogens with zero attached hydrogens (tertiary/aromatic N) is 3. The molecule has 0 unspecified atom stereocenters. The van der Waals surface area contributed by atoms with E-state index in [4.69, 9.17) is 5.73 Å². The SMILES string of the molecule is Cc1nc(N[C@H](C)c2cc(N)cc(C(F)(F)F)c2)c2cc([C@H]3CC[C@@H](C(=O)N(C)C[C@@H](C)O)CC3)ccc2n1. The average Bonchev–Trinajstić information content (AvgIpc) is 2.86. The number of fused-ring (bicyclic) bond motifs is 1. The molecular formula is C29H36F3N5O2. The van der Waals surface area contributed by atoms with Crippen LogP contribution >= 0.6 is 0 Å². The number of aliphatic hydroxyl groups excluding tert-OH is 1. The van der Waals surface area contributed by atoms with Gasteiger partial charge in [0.2, 0.25) is 5.91 Å². The fraction of sp³-hybridized carbons (Fsp3) is 0.483. The van der Waals surface area contributed by atoms with Gasteiger partial charge >= 0.3 is 6.18 Å². The predicted molar refractivity (Wildman–Crippen MR) is 146 cm³/mol. The van der Waals surface area contributed by atoms with E-state index in [1.54, 1.807) is 32.7 Å². The third-order valence-corrected chi connectivity index (χ3v) is 7.45. The van der Waals surface area contributed by atoms with Crippen LogP contribution in [0, 0.1) is 12.8 Å². The zero-order valence-corrected chi connectivity index (χ0v) is 22.7. The number of alkyl halides is 3. The number of nitrogen functional groups attached to an aromatic ring is 1. The van der Waals surface area contributed by atoms with E-state index in [-0.39, 0.29) is 23.4 Å². The van der Waals surface area contributed by atoms with Gasteiger partial charge in [0, 0.05) is 30.6 Å². The van der Waals surface area contributed by atoms with Crippen LogP contribution in [-0.2, 0) is 11.0 Å². The minimum Gasteiger partial charge on any atom is -0.399 e. The topological polar surface area (TPSA) is 104 Å². The summed E-state index contributed by atoms with van der Waals surface area (Å²) >= 11 is 0. The van der Waals surface area contributed by atoms with E-state index in [0.717, 1.165) is 54.3 Å². The molecular weight excluding hydrogens is 507 g/mol. The van der Waals surface area contributed by atoms with E-state index in [0.29, 0.717) is 23.8 Å². The molecule has 39 heavy (non-hydrogen) atoms. The molecule has 0 saturated heterocycles. The van der Waals surface area contributed by atoms with Crippen molar-refractivity contribution in [2.45, 2.75) is 70.7 Å². The zero-order valence-electron chi connectivity index (χ0n) is 22.7. The van der Waals surface area contributed by atoms with Gasteiger partial charge in [0.1, 0.15) is 11.6 Å². The highest BCUT2D eigenvalue weighted by Crippen LogP contribution is 2.39. The highest BCUT2D eigenvalue weighted by atomic mass is 19.4. The number of nitrogens with one attached hydrogen (secondary N) is 1. The van der Waals surface area contributed by atoms with Crippen LogP contribution in [0.4, 0.5) is 24.7 Å². The molecule has 7 nitrogen and oxygen atoms in total. The summed E-state index contributed by atoms with van der Waals surface area (Å²) in [6.07, 6.45) is -1.78. The number of halogens is 3. The predicted octanol–water partition coefficient (Wildman–Crippen LogP) is 5.83. The van der Waals surface area contributed by atoms with Crippen LogP contribution in [0.1, 0.15) is 74.0 Å². The largest absolute Gasteiger partial charge is 0.416 e. The molecule has 2 aromatic carbocycles. The lowest BCUT2D eigenvalue weighted by molar-refractivity contribution is -0.138. The maximum Gasteiger partial charge on any atom is 0.416 e. The second-order valence-corrected chi connectivity index (χ2v) is 10.8. The summed E-state index contributed by atoms with van der Waals surface area (Å²) in [4.78, 5) is 23.5. The van der Waals surface area contributed by atoms with Crippen LogP contribution < -0.4 is 11.1 Å². The van der Waals surface area contributed by atoms with Crippen molar-refractivity contribution >= 4 is 28.3 Å². The minimum atomic E-state index is -4.49. The van der Waals surface area contributed by atoms with Crippen molar-refractivity contribution in [2.75, 3.05) is 24.6 Å². The first-order chi connectivity index (χ1) is 18.3. The summed E-state index contributed by atoms with van der Waals surface area (Å²) in [5, 5.41) is 13.7. The number of aliphatic hydroxyl groups is 1. The maximum atomic E-state index is 13.4. The fourth-order valence-electron chi connectivity index (χ4n) is 5.48. The number of hydrogen-bond acceptors (Lipinski definition) is 6. The summed E-state index contributed by atoms with van der Waals surface area (Å²) in [5.41, 5.74) is 7.32. The molecule has 0 aliphatic heterocycles. The number of hydrogen-bond donors (Lipinski definition) is 3. The van der Waals surface area contributed by atoms with Gasteiger partial charge in [-0.2, -0.15) is 13.2 Å². The number of carbonyl (C=O) groups excluding carboxylic acids is 1. The number of aromatic nitrogens is 2. The molecule has 1 amide bonds. The van der Waals surface area contributed by atoms with E-state index in [1.807, 2.05) is 6.07 Å². The first-order valence-corrected chi connectivity index (χ1v) is 13.3. The van der Waals surface area contributed by atoms with Crippen LogP contribution in [0.3, 0.4) is 0 Å². The summed E-state index contributed by atoms with van der Waals surface area (Å²) in [5.74, 6) is 1.40. The molecule has 0 radical (unpaired) electrons. The molecule has 1 aliphatic carbocycles. The molecule has 4 N–H and O–H groups in total. The van der Waals surface area contributed by atoms with Crippen molar-refractivity contribution in [2.24, 2.45) is 5.92 Å². The number of carbonyl (C=O) groups is 1. The van der Waals surface area contributed by atoms with Crippen LogP contribution in [-0.4, -0.2) is 45.6 Å². The Balaban J connectivity index is 1.55. The highest BCUT2D eigenvalue weighted by molar-refractivity contribution is 5.90. The van der Waals surface area contributed by atoms with Crippen molar-refractivity contribution in [3.05, 3.63) is 58.9 Å². The normalized spacial score (nSPS) is 19.5. The smallest absolute Gasteiger partial charge is 0.399 e. The Hall–Kier alpha value is -3.40. The number of amides is 1. The molecule has 2 atom stereocenters. The molecule has 3 aromatic rings. The van der Waals surface area contributed by atoms with Gasteiger partial charge < -0.3 is 21.1 Å². The van der Waals surface area contributed by atoms with Crippen LogP contribution in [0.15, 0.2) is 36.4 Å². The molecule has 1 aliphatic rings. The van der Waals surface area contributed by atoms with Crippen LogP contribution in [0.25, 0.3) is 10.9 Å². The minimum absolute atomic E-state index is 0.0468. The molecule has 1 aromatic heterocycles. The Kier molecular flexibility index (Phi) is 8.34. The summed E-state index contributed by atoms with van der Waals surface area (Å²) in [7, 11) is 1.73. The highest BCUT2D eigenvalue weighted by Gasteiger charge is 2.32. The summed E-state index contributed by atoms with van der Waals surface area (Å²) in [6, 6.07) is 9.14. The molecule has 1 heterocycles. The molecule has 1 saturated carbocycles. The Bertz CT molecular complexity index is 1340. The molecule has 4 rings (SSSR count). The molecule has 0 spiro atoms. The van der Waals surface area contributed by atoms with Gasteiger partial charge in [-0.15, -0.1) is 0 Å². The van der Waals surface area contributed by atoms with E-state index < -0.39 is 23.9 Å². The van der Waals surface area contributed by atoms with Gasteiger partial charge in [-0.3, -0.25) is 4.79 Å². The Morgan fingerprint density at radius 1 is 1.13 bits per heavy atom. The number of benzene rings is 2. The average molecular weight is 544 g/mol. The first kappa shape index (κ1) is 28.6. The lowest BCUT2D eigenvalue weighted by atomic mass is 9.78. The fourth-order valence-corrected chi connectivity index (χ4v) is 5.48. The van der Waals surface area contributed by atoms with E-state index >= 15 is 0 Å².